The Hall–Kier alpha value is -3.18. The number of nitrogens with zero attached hydrogens (tertiary/aromatic N) is 1. The Balaban J connectivity index is 1.60. The highest BCUT2D eigenvalue weighted by Crippen LogP contribution is 2.13. The number of hydrogen-bond acceptors (Lipinski definition) is 5. The summed E-state index contributed by atoms with van der Waals surface area (Å²) in [5.41, 5.74) is 10.6. The number of likely N-dealkylation sites (tertiary alicyclic amines) is 1. The number of nitrogens with one attached hydrogen (secondary N) is 2. The number of nitrogens with two attached hydrogens (primary N) is 1. The third kappa shape index (κ3) is 5.67. The molecule has 0 aliphatic carbocycles. The molecular weight excluding hydrogens is 380 g/mol. The second kappa shape index (κ2) is 10.0. The van der Waals surface area contributed by atoms with Crippen LogP contribution in [0.5, 0.6) is 0 Å². The summed E-state index contributed by atoms with van der Waals surface area (Å²) in [6.07, 6.45) is 1.29. The van der Waals surface area contributed by atoms with E-state index in [0.29, 0.717) is 5.56 Å². The van der Waals surface area contributed by atoms with Crippen LogP contribution in [0.4, 0.5) is 0 Å². The molecule has 0 radical (unpaired) electrons. The molecule has 2 atom stereocenters. The summed E-state index contributed by atoms with van der Waals surface area (Å²) in [6, 6.07) is 13.3. The molecular formula is C23H26N4O3. The van der Waals surface area contributed by atoms with Gasteiger partial charge in [-0.1, -0.05) is 24.0 Å². The van der Waals surface area contributed by atoms with Gasteiger partial charge in [0.1, 0.15) is 6.04 Å². The fourth-order valence-corrected chi connectivity index (χ4v) is 3.07. The number of rotatable bonds is 6. The summed E-state index contributed by atoms with van der Waals surface area (Å²) >= 11 is 0. The van der Waals surface area contributed by atoms with E-state index in [1.165, 1.54) is 30.6 Å². The highest BCUT2D eigenvalue weighted by molar-refractivity contribution is 5.97. The molecule has 1 fully saturated rings. The minimum atomic E-state index is -1.04. The molecule has 30 heavy (non-hydrogen) atoms. The van der Waals surface area contributed by atoms with Gasteiger partial charge in [0, 0.05) is 29.3 Å². The molecule has 1 aliphatic heterocycles. The van der Waals surface area contributed by atoms with E-state index in [1.54, 1.807) is 31.2 Å². The van der Waals surface area contributed by atoms with Gasteiger partial charge in [0.2, 0.25) is 0 Å². The zero-order valence-electron chi connectivity index (χ0n) is 16.9. The monoisotopic (exact) mass is 406 g/mol. The number of carbonyl (C=O) groups is 2. The van der Waals surface area contributed by atoms with Crippen molar-refractivity contribution in [1.29, 1.82) is 0 Å². The maximum Gasteiger partial charge on any atom is 0.267 e. The lowest BCUT2D eigenvalue weighted by molar-refractivity contribution is -0.131. The van der Waals surface area contributed by atoms with Gasteiger partial charge in [0.15, 0.2) is 0 Å². The van der Waals surface area contributed by atoms with Crippen LogP contribution >= 0.6 is 0 Å². The lowest BCUT2D eigenvalue weighted by Crippen LogP contribution is -2.54. The summed E-state index contributed by atoms with van der Waals surface area (Å²) in [6.45, 7) is 4.91. The van der Waals surface area contributed by atoms with Crippen molar-refractivity contribution in [2.45, 2.75) is 32.0 Å². The van der Waals surface area contributed by atoms with E-state index in [2.05, 4.69) is 34.2 Å². The average Bonchev–Trinajstić information content (AvgIpc) is 2.73. The predicted octanol–water partition coefficient (Wildman–Crippen LogP) is 1.24. The largest absolute Gasteiger partial charge is 0.339 e. The van der Waals surface area contributed by atoms with Crippen molar-refractivity contribution in [3.8, 4) is 11.8 Å². The molecule has 0 spiro atoms. The summed E-state index contributed by atoms with van der Waals surface area (Å²) in [5, 5.41) is 11.3. The van der Waals surface area contributed by atoms with Gasteiger partial charge in [-0.3, -0.25) is 19.7 Å². The van der Waals surface area contributed by atoms with Crippen LogP contribution in [0.3, 0.4) is 0 Å². The van der Waals surface area contributed by atoms with E-state index < -0.39 is 23.9 Å². The fraction of sp³-hybridized carbons (Fsp3) is 0.304. The fourth-order valence-electron chi connectivity index (χ4n) is 3.07. The van der Waals surface area contributed by atoms with E-state index in [-0.39, 0.29) is 0 Å². The molecule has 0 unspecified atom stereocenters. The van der Waals surface area contributed by atoms with Crippen LogP contribution in [0.25, 0.3) is 0 Å². The Morgan fingerprint density at radius 2 is 1.63 bits per heavy atom. The number of carbonyl (C=O) groups excluding carboxylic acids is 2. The molecule has 2 amide bonds. The van der Waals surface area contributed by atoms with E-state index in [0.717, 1.165) is 17.7 Å². The van der Waals surface area contributed by atoms with Crippen LogP contribution in [0.2, 0.25) is 0 Å². The van der Waals surface area contributed by atoms with E-state index in [1.807, 2.05) is 12.1 Å². The molecule has 2 aromatic carbocycles. The molecule has 1 aliphatic rings. The topological polar surface area (TPSA) is 108 Å². The second-order valence-electron chi connectivity index (χ2n) is 7.44. The van der Waals surface area contributed by atoms with Crippen LogP contribution in [-0.2, 0) is 11.3 Å². The van der Waals surface area contributed by atoms with Crippen molar-refractivity contribution < 1.29 is 14.8 Å². The summed E-state index contributed by atoms with van der Waals surface area (Å²) in [7, 11) is 0. The Morgan fingerprint density at radius 1 is 1.07 bits per heavy atom. The minimum absolute atomic E-state index is 0.368. The van der Waals surface area contributed by atoms with Crippen LogP contribution in [0, 0.1) is 11.8 Å². The molecule has 5 N–H and O–H groups in total. The number of benzene rings is 2. The zero-order valence-corrected chi connectivity index (χ0v) is 16.9. The quantitative estimate of drug-likeness (QED) is 0.328. The van der Waals surface area contributed by atoms with Gasteiger partial charge in [-0.05, 0) is 68.4 Å². The molecule has 1 saturated heterocycles. The summed E-state index contributed by atoms with van der Waals surface area (Å²) in [5.74, 6) is 4.99. The first-order valence-corrected chi connectivity index (χ1v) is 9.90. The van der Waals surface area contributed by atoms with Crippen LogP contribution in [0.1, 0.15) is 40.4 Å². The lowest BCUT2D eigenvalue weighted by Gasteiger charge is -2.30. The van der Waals surface area contributed by atoms with Crippen molar-refractivity contribution in [3.05, 3.63) is 70.8 Å². The maximum atomic E-state index is 12.3. The van der Waals surface area contributed by atoms with E-state index in [4.69, 9.17) is 10.9 Å². The molecule has 7 heteroatoms. The second-order valence-corrected chi connectivity index (χ2v) is 7.44. The van der Waals surface area contributed by atoms with Crippen molar-refractivity contribution in [2.75, 3.05) is 13.1 Å². The zero-order chi connectivity index (χ0) is 21.5. The number of amides is 2. The van der Waals surface area contributed by atoms with Gasteiger partial charge >= 0.3 is 0 Å². The molecule has 3 rings (SSSR count). The molecule has 0 bridgehead atoms. The first-order valence-electron chi connectivity index (χ1n) is 9.90. The van der Waals surface area contributed by atoms with Gasteiger partial charge in [-0.25, -0.2) is 5.48 Å². The smallest absolute Gasteiger partial charge is 0.267 e. The lowest BCUT2D eigenvalue weighted by atomic mass is 10.1. The highest BCUT2D eigenvalue weighted by atomic mass is 16.5. The standard InChI is InChI=1S/C23H26N4O3/c1-16(24)21(23(29)26-30)25-22(28)20-11-9-18(10-12-20)4-3-17-5-7-19(8-6-17)15-27-13-2-14-27/h5-12,16,21,30H,2,13-15,24H2,1H3,(H,25,28)(H,26,29)/t16-,21+/m1/s1. The number of hydrogen-bond donors (Lipinski definition) is 4. The van der Waals surface area contributed by atoms with E-state index >= 15 is 0 Å². The Kier molecular flexibility index (Phi) is 7.20. The van der Waals surface area contributed by atoms with Gasteiger partial charge in [-0.2, -0.15) is 0 Å². The van der Waals surface area contributed by atoms with E-state index in [9.17, 15) is 9.59 Å². The van der Waals surface area contributed by atoms with Gasteiger partial charge < -0.3 is 11.1 Å². The van der Waals surface area contributed by atoms with Gasteiger partial charge in [0.05, 0.1) is 0 Å². The van der Waals surface area contributed by atoms with Crippen LogP contribution < -0.4 is 16.5 Å². The molecule has 1 heterocycles. The molecule has 2 aromatic rings. The first-order chi connectivity index (χ1) is 14.5. The highest BCUT2D eigenvalue weighted by Gasteiger charge is 2.24. The van der Waals surface area contributed by atoms with Gasteiger partial charge in [0.25, 0.3) is 11.8 Å². The first kappa shape index (κ1) is 21.5. The molecule has 0 saturated carbocycles. The molecule has 156 valence electrons. The molecule has 7 nitrogen and oxygen atoms in total. The van der Waals surface area contributed by atoms with Crippen molar-refractivity contribution >= 4 is 11.8 Å². The van der Waals surface area contributed by atoms with Gasteiger partial charge in [-0.15, -0.1) is 0 Å². The van der Waals surface area contributed by atoms with Crippen molar-refractivity contribution in [3.63, 3.8) is 0 Å². The minimum Gasteiger partial charge on any atom is -0.339 e. The third-order valence-corrected chi connectivity index (χ3v) is 5.01. The Labute approximate surface area is 176 Å². The predicted molar refractivity (Wildman–Crippen MR) is 114 cm³/mol. The summed E-state index contributed by atoms with van der Waals surface area (Å²) in [4.78, 5) is 26.4. The van der Waals surface area contributed by atoms with Crippen molar-refractivity contribution in [2.24, 2.45) is 5.73 Å². The maximum absolute atomic E-state index is 12.3. The SMILES string of the molecule is C[C@@H](N)[C@H](NC(=O)c1ccc(C#Cc2ccc(CN3CCC3)cc2)cc1)C(=O)NO. The van der Waals surface area contributed by atoms with Crippen molar-refractivity contribution in [1.82, 2.24) is 15.7 Å². The Bertz CT molecular complexity index is 939. The Morgan fingerprint density at radius 3 is 2.10 bits per heavy atom. The normalized spacial score (nSPS) is 15.2. The molecule has 0 aromatic heterocycles. The average molecular weight is 406 g/mol. The van der Waals surface area contributed by atoms with Crippen LogP contribution in [-0.4, -0.2) is 47.1 Å². The van der Waals surface area contributed by atoms with Crippen LogP contribution in [0.15, 0.2) is 48.5 Å². The third-order valence-electron chi connectivity index (χ3n) is 5.01. The number of hydroxylamine groups is 1. The summed E-state index contributed by atoms with van der Waals surface area (Å²) < 4.78 is 0.